The summed E-state index contributed by atoms with van der Waals surface area (Å²) < 4.78 is 13.2. The number of nitrogen functional groups attached to an aromatic ring is 1. The molecule has 0 atom stereocenters. The molecule has 0 heterocycles. The van der Waals surface area contributed by atoms with Gasteiger partial charge in [-0.3, -0.25) is 9.59 Å². The highest BCUT2D eigenvalue weighted by Crippen LogP contribution is 2.33. The fourth-order valence-electron chi connectivity index (χ4n) is 2.72. The van der Waals surface area contributed by atoms with E-state index in [-0.39, 0.29) is 17.7 Å². The number of carboxylic acids is 1. The summed E-state index contributed by atoms with van der Waals surface area (Å²) in [5.74, 6) is -2.03. The predicted molar refractivity (Wildman–Crippen MR) is 71.7 cm³/mol. The summed E-state index contributed by atoms with van der Waals surface area (Å²) in [6.45, 7) is 0. The second kappa shape index (κ2) is 5.48. The van der Waals surface area contributed by atoms with Crippen LogP contribution in [0.4, 0.5) is 10.1 Å². The normalized spacial score (nSPS) is 16.9. The molecule has 0 radical (unpaired) electrons. The number of nitrogens with one attached hydrogen (secondary N) is 1. The zero-order valence-electron chi connectivity index (χ0n) is 11.0. The van der Waals surface area contributed by atoms with Crippen LogP contribution < -0.4 is 11.1 Å². The van der Waals surface area contributed by atoms with Gasteiger partial charge in [-0.2, -0.15) is 0 Å². The number of carboxylic acid groups (broad SMARTS) is 1. The standard InChI is InChI=1S/C14H17FN2O3/c15-9-3-4-11(16)10(7-9)13(20)17-14(8-12(18)19)5-1-2-6-14/h3-4,7H,1-2,5-6,8,16H2,(H,17,20)(H,18,19). The van der Waals surface area contributed by atoms with Crippen molar-refractivity contribution in [1.29, 1.82) is 0 Å². The largest absolute Gasteiger partial charge is 0.481 e. The topological polar surface area (TPSA) is 92.4 Å². The van der Waals surface area contributed by atoms with Crippen LogP contribution in [0, 0.1) is 5.82 Å². The molecule has 1 aromatic rings. The SMILES string of the molecule is Nc1ccc(F)cc1C(=O)NC1(CC(=O)O)CCCC1. The van der Waals surface area contributed by atoms with Gasteiger partial charge in [0.15, 0.2) is 0 Å². The van der Waals surface area contributed by atoms with Gasteiger partial charge in [-0.05, 0) is 31.0 Å². The Labute approximate surface area is 116 Å². The minimum absolute atomic E-state index is 0.0432. The molecule has 0 bridgehead atoms. The molecule has 1 aliphatic carbocycles. The molecule has 6 heteroatoms. The summed E-state index contributed by atoms with van der Waals surface area (Å²) in [7, 11) is 0. The summed E-state index contributed by atoms with van der Waals surface area (Å²) in [4.78, 5) is 23.2. The van der Waals surface area contributed by atoms with E-state index < -0.39 is 23.2 Å². The van der Waals surface area contributed by atoms with Crippen molar-refractivity contribution in [1.82, 2.24) is 5.32 Å². The van der Waals surface area contributed by atoms with Gasteiger partial charge in [0.25, 0.3) is 5.91 Å². The van der Waals surface area contributed by atoms with E-state index in [0.29, 0.717) is 12.8 Å². The van der Waals surface area contributed by atoms with Crippen LogP contribution in [0.1, 0.15) is 42.5 Å². The van der Waals surface area contributed by atoms with E-state index >= 15 is 0 Å². The maximum atomic E-state index is 13.2. The molecular formula is C14H17FN2O3. The number of aliphatic carboxylic acids is 1. The Morgan fingerprint density at radius 2 is 2.00 bits per heavy atom. The third-order valence-corrected chi connectivity index (χ3v) is 3.69. The van der Waals surface area contributed by atoms with Crippen molar-refractivity contribution in [3.63, 3.8) is 0 Å². The van der Waals surface area contributed by atoms with Gasteiger partial charge in [0.1, 0.15) is 5.82 Å². The number of amides is 1. The number of anilines is 1. The minimum atomic E-state index is -0.959. The molecule has 0 aromatic heterocycles. The quantitative estimate of drug-likeness (QED) is 0.735. The van der Waals surface area contributed by atoms with Crippen LogP contribution in [0.25, 0.3) is 0 Å². The van der Waals surface area contributed by atoms with Gasteiger partial charge in [-0.25, -0.2) is 4.39 Å². The van der Waals surface area contributed by atoms with Crippen LogP contribution in [0.2, 0.25) is 0 Å². The van der Waals surface area contributed by atoms with Gasteiger partial charge >= 0.3 is 5.97 Å². The second-order valence-electron chi connectivity index (χ2n) is 5.24. The summed E-state index contributed by atoms with van der Waals surface area (Å²) in [6.07, 6.45) is 2.83. The van der Waals surface area contributed by atoms with Gasteiger partial charge in [0, 0.05) is 5.69 Å². The van der Waals surface area contributed by atoms with Gasteiger partial charge in [-0.15, -0.1) is 0 Å². The predicted octanol–water partition coefficient (Wildman–Crippen LogP) is 1.93. The molecule has 1 aliphatic rings. The van der Waals surface area contributed by atoms with Crippen molar-refractivity contribution in [2.75, 3.05) is 5.73 Å². The molecular weight excluding hydrogens is 263 g/mol. The van der Waals surface area contributed by atoms with E-state index in [4.69, 9.17) is 10.8 Å². The average Bonchev–Trinajstić information content (AvgIpc) is 2.79. The Hall–Kier alpha value is -2.11. The number of carbonyl (C=O) groups is 2. The number of halogens is 1. The second-order valence-corrected chi connectivity index (χ2v) is 5.24. The number of hydrogen-bond donors (Lipinski definition) is 3. The van der Waals surface area contributed by atoms with Crippen LogP contribution in [0.15, 0.2) is 18.2 Å². The van der Waals surface area contributed by atoms with Crippen molar-refractivity contribution >= 4 is 17.6 Å². The molecule has 1 fully saturated rings. The third kappa shape index (κ3) is 3.07. The zero-order chi connectivity index (χ0) is 14.8. The number of nitrogens with two attached hydrogens (primary N) is 1. The molecule has 5 nitrogen and oxygen atoms in total. The lowest BCUT2D eigenvalue weighted by Gasteiger charge is -2.29. The smallest absolute Gasteiger partial charge is 0.305 e. The summed E-state index contributed by atoms with van der Waals surface area (Å²) in [5, 5.41) is 11.7. The monoisotopic (exact) mass is 280 g/mol. The lowest BCUT2D eigenvalue weighted by Crippen LogP contribution is -2.48. The number of benzene rings is 1. The van der Waals surface area contributed by atoms with E-state index in [1.807, 2.05) is 0 Å². The first kappa shape index (κ1) is 14.3. The van der Waals surface area contributed by atoms with Crippen LogP contribution in [0.5, 0.6) is 0 Å². The van der Waals surface area contributed by atoms with Gasteiger partial charge in [-0.1, -0.05) is 12.8 Å². The molecule has 20 heavy (non-hydrogen) atoms. The Morgan fingerprint density at radius 3 is 2.60 bits per heavy atom. The summed E-state index contributed by atoms with van der Waals surface area (Å²) in [5.41, 5.74) is 5.13. The van der Waals surface area contributed by atoms with Crippen LogP contribution in [0.3, 0.4) is 0 Å². The fourth-order valence-corrected chi connectivity index (χ4v) is 2.72. The maximum absolute atomic E-state index is 13.2. The first-order valence-electron chi connectivity index (χ1n) is 6.51. The van der Waals surface area contributed by atoms with Crippen molar-refractivity contribution in [2.24, 2.45) is 0 Å². The van der Waals surface area contributed by atoms with Crippen LogP contribution in [-0.2, 0) is 4.79 Å². The molecule has 1 aromatic carbocycles. The molecule has 2 rings (SSSR count). The number of rotatable bonds is 4. The lowest BCUT2D eigenvalue weighted by atomic mass is 9.92. The van der Waals surface area contributed by atoms with Gasteiger partial charge < -0.3 is 16.2 Å². The Kier molecular flexibility index (Phi) is 3.92. The van der Waals surface area contributed by atoms with E-state index in [0.717, 1.165) is 18.9 Å². The molecule has 108 valence electrons. The minimum Gasteiger partial charge on any atom is -0.481 e. The summed E-state index contributed by atoms with van der Waals surface area (Å²) >= 11 is 0. The van der Waals surface area contributed by atoms with Crippen LogP contribution in [-0.4, -0.2) is 22.5 Å². The van der Waals surface area contributed by atoms with Gasteiger partial charge in [0.2, 0.25) is 0 Å². The van der Waals surface area contributed by atoms with Crippen molar-refractivity contribution in [3.8, 4) is 0 Å². The Balaban J connectivity index is 2.20. The van der Waals surface area contributed by atoms with E-state index in [9.17, 15) is 14.0 Å². The first-order valence-corrected chi connectivity index (χ1v) is 6.51. The van der Waals surface area contributed by atoms with Crippen molar-refractivity contribution in [3.05, 3.63) is 29.6 Å². The molecule has 0 saturated heterocycles. The van der Waals surface area contributed by atoms with Crippen LogP contribution >= 0.6 is 0 Å². The lowest BCUT2D eigenvalue weighted by molar-refractivity contribution is -0.138. The molecule has 4 N–H and O–H groups in total. The third-order valence-electron chi connectivity index (χ3n) is 3.69. The highest BCUT2D eigenvalue weighted by molar-refractivity contribution is 5.99. The van der Waals surface area contributed by atoms with E-state index in [1.165, 1.54) is 12.1 Å². The summed E-state index contributed by atoms with van der Waals surface area (Å²) in [6, 6.07) is 3.56. The Bertz CT molecular complexity index is 539. The van der Waals surface area contributed by atoms with Crippen molar-refractivity contribution < 1.29 is 19.1 Å². The molecule has 1 saturated carbocycles. The van der Waals surface area contributed by atoms with E-state index in [1.54, 1.807) is 0 Å². The number of hydrogen-bond acceptors (Lipinski definition) is 3. The highest BCUT2D eigenvalue weighted by atomic mass is 19.1. The highest BCUT2D eigenvalue weighted by Gasteiger charge is 2.37. The van der Waals surface area contributed by atoms with Gasteiger partial charge in [0.05, 0.1) is 17.5 Å². The zero-order valence-corrected chi connectivity index (χ0v) is 11.0. The maximum Gasteiger partial charge on any atom is 0.305 e. The number of carbonyl (C=O) groups excluding carboxylic acids is 1. The fraction of sp³-hybridized carbons (Fsp3) is 0.429. The van der Waals surface area contributed by atoms with E-state index in [2.05, 4.69) is 5.32 Å². The first-order chi connectivity index (χ1) is 9.42. The molecule has 0 unspecified atom stereocenters. The molecule has 0 aliphatic heterocycles. The average molecular weight is 280 g/mol. The van der Waals surface area contributed by atoms with Crippen molar-refractivity contribution in [2.45, 2.75) is 37.6 Å². The molecule has 0 spiro atoms. The molecule has 1 amide bonds. The Morgan fingerprint density at radius 1 is 1.35 bits per heavy atom.